The lowest BCUT2D eigenvalue weighted by Gasteiger charge is -2.09. The molecule has 0 spiro atoms. The topological polar surface area (TPSA) is 66.4 Å². The summed E-state index contributed by atoms with van der Waals surface area (Å²) in [5.41, 5.74) is 1.17. The first-order valence-corrected chi connectivity index (χ1v) is 7.33. The second-order valence-electron chi connectivity index (χ2n) is 4.13. The summed E-state index contributed by atoms with van der Waals surface area (Å²) < 4.78 is 0. The van der Waals surface area contributed by atoms with Crippen molar-refractivity contribution >= 4 is 23.6 Å². The van der Waals surface area contributed by atoms with E-state index in [1.165, 1.54) is 17.3 Å². The van der Waals surface area contributed by atoms with E-state index in [0.717, 1.165) is 6.42 Å². The molecule has 0 bridgehead atoms. The molecule has 0 heterocycles. The highest BCUT2D eigenvalue weighted by Crippen LogP contribution is 2.14. The van der Waals surface area contributed by atoms with Crippen LogP contribution in [0.5, 0.6) is 0 Å². The molecule has 1 unspecified atom stereocenters. The summed E-state index contributed by atoms with van der Waals surface area (Å²) in [5.74, 6) is -0.773. The molecule has 19 heavy (non-hydrogen) atoms. The smallest absolute Gasteiger partial charge is 0.316 e. The van der Waals surface area contributed by atoms with Gasteiger partial charge in [-0.25, -0.2) is 0 Å². The summed E-state index contributed by atoms with van der Waals surface area (Å²) >= 11 is 1.17. The van der Waals surface area contributed by atoms with Gasteiger partial charge in [0.15, 0.2) is 0 Å². The number of nitrogens with one attached hydrogen (secondary N) is 1. The van der Waals surface area contributed by atoms with Gasteiger partial charge in [-0.1, -0.05) is 37.3 Å². The lowest BCUT2D eigenvalue weighted by atomic mass is 10.1. The lowest BCUT2D eigenvalue weighted by molar-refractivity contribution is -0.136. The number of thioether (sulfide) groups is 1. The molecule has 0 aromatic heterocycles. The van der Waals surface area contributed by atoms with Gasteiger partial charge in [-0.2, -0.15) is 0 Å². The van der Waals surface area contributed by atoms with E-state index in [-0.39, 0.29) is 11.7 Å². The Kier molecular flexibility index (Phi) is 7.03. The first-order chi connectivity index (χ1) is 9.13. The Morgan fingerprint density at radius 2 is 2.00 bits per heavy atom. The second-order valence-corrected chi connectivity index (χ2v) is 5.32. The molecule has 0 radical (unpaired) electrons. The summed E-state index contributed by atoms with van der Waals surface area (Å²) in [6.07, 6.45) is 1.31. The van der Waals surface area contributed by atoms with E-state index >= 15 is 0 Å². The molecule has 1 aromatic rings. The number of hydrogen-bond acceptors (Lipinski definition) is 3. The van der Waals surface area contributed by atoms with Crippen molar-refractivity contribution in [2.45, 2.75) is 25.0 Å². The highest BCUT2D eigenvalue weighted by molar-refractivity contribution is 8.01. The van der Waals surface area contributed by atoms with Gasteiger partial charge in [0.2, 0.25) is 5.91 Å². The number of carboxylic acid groups (broad SMARTS) is 1. The minimum absolute atomic E-state index is 0.111. The molecule has 104 valence electrons. The molecular weight excluding hydrogens is 262 g/mol. The summed E-state index contributed by atoms with van der Waals surface area (Å²) in [6.45, 7) is 2.38. The third-order valence-corrected chi connectivity index (χ3v) is 4.01. The Morgan fingerprint density at radius 3 is 2.58 bits per heavy atom. The monoisotopic (exact) mass is 281 g/mol. The molecule has 0 saturated carbocycles. The van der Waals surface area contributed by atoms with Crippen molar-refractivity contribution in [1.29, 1.82) is 0 Å². The van der Waals surface area contributed by atoms with Gasteiger partial charge < -0.3 is 10.4 Å². The normalized spacial score (nSPS) is 11.8. The number of carbonyl (C=O) groups is 2. The van der Waals surface area contributed by atoms with Crippen LogP contribution in [0.2, 0.25) is 0 Å². The van der Waals surface area contributed by atoms with Crippen LogP contribution < -0.4 is 5.32 Å². The van der Waals surface area contributed by atoms with E-state index in [9.17, 15) is 9.59 Å². The maximum absolute atomic E-state index is 11.6. The van der Waals surface area contributed by atoms with Gasteiger partial charge in [0.1, 0.15) is 5.25 Å². The van der Waals surface area contributed by atoms with Gasteiger partial charge in [0.05, 0.1) is 5.75 Å². The van der Waals surface area contributed by atoms with E-state index in [4.69, 9.17) is 5.11 Å². The average Bonchev–Trinajstić information content (AvgIpc) is 2.40. The molecule has 5 heteroatoms. The fourth-order valence-corrected chi connectivity index (χ4v) is 2.41. The number of aliphatic carboxylic acids is 1. The van der Waals surface area contributed by atoms with Gasteiger partial charge >= 0.3 is 5.97 Å². The number of rotatable bonds is 8. The Bertz CT molecular complexity index is 408. The van der Waals surface area contributed by atoms with E-state index in [0.29, 0.717) is 13.0 Å². The largest absolute Gasteiger partial charge is 0.480 e. The third-order valence-electron chi connectivity index (χ3n) is 2.64. The van der Waals surface area contributed by atoms with E-state index in [2.05, 4.69) is 5.32 Å². The summed E-state index contributed by atoms with van der Waals surface area (Å²) in [7, 11) is 0. The lowest BCUT2D eigenvalue weighted by Crippen LogP contribution is -2.29. The van der Waals surface area contributed by atoms with Crippen LogP contribution in [0, 0.1) is 0 Å². The standard InChI is InChI=1S/C14H19NO3S/c1-2-12(14(17)18)19-10-13(16)15-9-8-11-6-4-3-5-7-11/h3-7,12H,2,8-10H2,1H3,(H,15,16)(H,17,18). The summed E-state index contributed by atoms with van der Waals surface area (Å²) in [4.78, 5) is 22.3. The van der Waals surface area contributed by atoms with Crippen LogP contribution in [0.25, 0.3) is 0 Å². The van der Waals surface area contributed by atoms with Crippen molar-refractivity contribution in [3.05, 3.63) is 35.9 Å². The minimum atomic E-state index is -0.857. The molecule has 4 nitrogen and oxygen atoms in total. The molecule has 1 aromatic carbocycles. The van der Waals surface area contributed by atoms with Crippen LogP contribution in [-0.4, -0.2) is 34.5 Å². The molecule has 0 aliphatic rings. The van der Waals surface area contributed by atoms with Gasteiger partial charge in [0, 0.05) is 6.54 Å². The Labute approximate surface area is 117 Å². The molecular formula is C14H19NO3S. The Hall–Kier alpha value is -1.49. The highest BCUT2D eigenvalue weighted by atomic mass is 32.2. The SMILES string of the molecule is CCC(SCC(=O)NCCc1ccccc1)C(=O)O. The van der Waals surface area contributed by atoms with Crippen molar-refractivity contribution in [2.24, 2.45) is 0 Å². The molecule has 1 amide bonds. The average molecular weight is 281 g/mol. The van der Waals surface area contributed by atoms with E-state index < -0.39 is 11.2 Å². The summed E-state index contributed by atoms with van der Waals surface area (Å²) in [5, 5.41) is 11.2. The van der Waals surface area contributed by atoms with Crippen molar-refractivity contribution in [3.63, 3.8) is 0 Å². The van der Waals surface area contributed by atoms with Crippen LogP contribution in [0.4, 0.5) is 0 Å². The van der Waals surface area contributed by atoms with Crippen LogP contribution in [0.15, 0.2) is 30.3 Å². The van der Waals surface area contributed by atoms with Crippen LogP contribution in [0.3, 0.4) is 0 Å². The molecule has 1 rings (SSSR count). The molecule has 1 atom stereocenters. The van der Waals surface area contributed by atoms with Crippen LogP contribution >= 0.6 is 11.8 Å². The fourth-order valence-electron chi connectivity index (χ4n) is 1.58. The predicted molar refractivity (Wildman–Crippen MR) is 77.3 cm³/mol. The molecule has 0 aliphatic heterocycles. The van der Waals surface area contributed by atoms with Gasteiger partial charge in [0.25, 0.3) is 0 Å². The van der Waals surface area contributed by atoms with Crippen molar-refractivity contribution < 1.29 is 14.7 Å². The van der Waals surface area contributed by atoms with E-state index in [1.807, 2.05) is 30.3 Å². The fraction of sp³-hybridized carbons (Fsp3) is 0.429. The first-order valence-electron chi connectivity index (χ1n) is 6.28. The second kappa shape index (κ2) is 8.58. The van der Waals surface area contributed by atoms with E-state index in [1.54, 1.807) is 6.92 Å². The molecule has 0 saturated heterocycles. The number of carboxylic acids is 1. The quantitative estimate of drug-likeness (QED) is 0.764. The zero-order chi connectivity index (χ0) is 14.1. The van der Waals surface area contributed by atoms with Crippen LogP contribution in [0.1, 0.15) is 18.9 Å². The molecule has 0 aliphatic carbocycles. The first kappa shape index (κ1) is 15.6. The van der Waals surface area contributed by atoms with Gasteiger partial charge in [-0.15, -0.1) is 11.8 Å². The third kappa shape index (κ3) is 6.29. The van der Waals surface area contributed by atoms with Gasteiger partial charge in [-0.05, 0) is 18.4 Å². The Morgan fingerprint density at radius 1 is 1.32 bits per heavy atom. The minimum Gasteiger partial charge on any atom is -0.480 e. The van der Waals surface area contributed by atoms with Gasteiger partial charge in [-0.3, -0.25) is 9.59 Å². The summed E-state index contributed by atoms with van der Waals surface area (Å²) in [6, 6.07) is 9.91. The maximum atomic E-state index is 11.6. The maximum Gasteiger partial charge on any atom is 0.316 e. The molecule has 2 N–H and O–H groups in total. The number of benzene rings is 1. The highest BCUT2D eigenvalue weighted by Gasteiger charge is 2.16. The predicted octanol–water partition coefficient (Wildman–Crippen LogP) is 1.94. The zero-order valence-corrected chi connectivity index (χ0v) is 11.8. The van der Waals surface area contributed by atoms with Crippen molar-refractivity contribution in [2.75, 3.05) is 12.3 Å². The number of amides is 1. The van der Waals surface area contributed by atoms with Crippen molar-refractivity contribution in [3.8, 4) is 0 Å². The number of hydrogen-bond donors (Lipinski definition) is 2. The molecule has 0 fully saturated rings. The zero-order valence-electron chi connectivity index (χ0n) is 11.0. The Balaban J connectivity index is 2.19. The number of carbonyl (C=O) groups excluding carboxylic acids is 1. The van der Waals surface area contributed by atoms with Crippen LogP contribution in [-0.2, 0) is 16.0 Å². The van der Waals surface area contributed by atoms with Crippen molar-refractivity contribution in [1.82, 2.24) is 5.32 Å².